The van der Waals surface area contributed by atoms with Crippen molar-refractivity contribution in [3.8, 4) is 0 Å². The minimum atomic E-state index is 0.621. The summed E-state index contributed by atoms with van der Waals surface area (Å²) in [5, 5.41) is 3.37. The minimum Gasteiger partial charge on any atom is -0.381 e. The molecule has 1 aromatic heterocycles. The quantitative estimate of drug-likeness (QED) is 0.644. The molecule has 1 N–H and O–H groups in total. The van der Waals surface area contributed by atoms with Crippen molar-refractivity contribution in [2.24, 2.45) is 10.9 Å². The van der Waals surface area contributed by atoms with Gasteiger partial charge in [-0.3, -0.25) is 9.98 Å². The Morgan fingerprint density at radius 3 is 3.00 bits per heavy atom. The predicted molar refractivity (Wildman–Crippen MR) is 90.2 cm³/mol. The number of nitrogens with zero attached hydrogens (tertiary/aromatic N) is 3. The molecule has 2 heterocycles. The fraction of sp³-hybridized carbons (Fsp3) is 0.647. The summed E-state index contributed by atoms with van der Waals surface area (Å²) in [6, 6.07) is 4.18. The first-order valence-corrected chi connectivity index (χ1v) is 8.17. The van der Waals surface area contributed by atoms with Crippen LogP contribution in [-0.2, 0) is 11.2 Å². The van der Waals surface area contributed by atoms with Crippen molar-refractivity contribution in [3.63, 3.8) is 0 Å². The zero-order valence-electron chi connectivity index (χ0n) is 14.0. The van der Waals surface area contributed by atoms with Crippen molar-refractivity contribution < 1.29 is 4.74 Å². The van der Waals surface area contributed by atoms with Crippen molar-refractivity contribution in [1.29, 1.82) is 0 Å². The second kappa shape index (κ2) is 8.73. The van der Waals surface area contributed by atoms with Gasteiger partial charge < -0.3 is 15.0 Å². The average Bonchev–Trinajstić information content (AvgIpc) is 3.01. The molecule has 0 aliphatic carbocycles. The highest BCUT2D eigenvalue weighted by Crippen LogP contribution is 2.13. The summed E-state index contributed by atoms with van der Waals surface area (Å²) in [5.74, 6) is 1.60. The van der Waals surface area contributed by atoms with Crippen LogP contribution in [0.1, 0.15) is 24.6 Å². The van der Waals surface area contributed by atoms with Crippen LogP contribution in [0.25, 0.3) is 0 Å². The standard InChI is InChI=1S/C17H28N4O/c1-4-18-17(21(3)12-16-8-10-22-13-16)19-9-7-15-6-5-14(2)20-11-15/h5-6,11,16H,4,7-10,12-13H2,1-3H3,(H,18,19). The van der Waals surface area contributed by atoms with Gasteiger partial charge >= 0.3 is 0 Å². The number of rotatable bonds is 6. The van der Waals surface area contributed by atoms with Crippen molar-refractivity contribution in [3.05, 3.63) is 29.6 Å². The van der Waals surface area contributed by atoms with E-state index in [1.165, 1.54) is 5.56 Å². The van der Waals surface area contributed by atoms with Crippen LogP contribution in [0.15, 0.2) is 23.3 Å². The number of aliphatic imine (C=N–C) groups is 1. The van der Waals surface area contributed by atoms with Crippen LogP contribution >= 0.6 is 0 Å². The predicted octanol–water partition coefficient (Wildman–Crippen LogP) is 1.87. The van der Waals surface area contributed by atoms with Gasteiger partial charge in [0.2, 0.25) is 0 Å². The SMILES string of the molecule is CCNC(=NCCc1ccc(C)nc1)N(C)CC1CCOC1. The summed E-state index contributed by atoms with van der Waals surface area (Å²) < 4.78 is 5.45. The molecule has 1 aromatic rings. The molecule has 0 bridgehead atoms. The maximum atomic E-state index is 5.45. The first kappa shape index (κ1) is 16.7. The van der Waals surface area contributed by atoms with Crippen LogP contribution in [-0.4, -0.2) is 55.7 Å². The van der Waals surface area contributed by atoms with Crippen LogP contribution in [0.2, 0.25) is 0 Å². The van der Waals surface area contributed by atoms with Crippen molar-refractivity contribution in [1.82, 2.24) is 15.2 Å². The summed E-state index contributed by atoms with van der Waals surface area (Å²) in [4.78, 5) is 11.3. The van der Waals surface area contributed by atoms with E-state index in [1.807, 2.05) is 13.1 Å². The minimum absolute atomic E-state index is 0.621. The highest BCUT2D eigenvalue weighted by atomic mass is 16.5. The van der Waals surface area contributed by atoms with Crippen molar-refractivity contribution in [2.75, 3.05) is 39.9 Å². The molecule has 0 radical (unpaired) electrons. The fourth-order valence-corrected chi connectivity index (χ4v) is 2.61. The highest BCUT2D eigenvalue weighted by molar-refractivity contribution is 5.79. The molecule has 0 saturated carbocycles. The lowest BCUT2D eigenvalue weighted by Crippen LogP contribution is -2.41. The Hall–Kier alpha value is -1.62. The molecule has 5 nitrogen and oxygen atoms in total. The summed E-state index contributed by atoms with van der Waals surface area (Å²) in [7, 11) is 2.10. The van der Waals surface area contributed by atoms with Gasteiger partial charge in [0.15, 0.2) is 5.96 Å². The van der Waals surface area contributed by atoms with Crippen LogP contribution in [0.3, 0.4) is 0 Å². The molecule has 122 valence electrons. The maximum absolute atomic E-state index is 5.45. The Morgan fingerprint density at radius 1 is 1.50 bits per heavy atom. The van der Waals surface area contributed by atoms with E-state index >= 15 is 0 Å². The van der Waals surface area contributed by atoms with Gasteiger partial charge in [-0.2, -0.15) is 0 Å². The van der Waals surface area contributed by atoms with E-state index in [1.54, 1.807) is 0 Å². The van der Waals surface area contributed by atoms with Gasteiger partial charge in [0, 0.05) is 51.1 Å². The molecule has 2 rings (SSSR count). The maximum Gasteiger partial charge on any atom is 0.193 e. The van der Waals surface area contributed by atoms with Crippen LogP contribution < -0.4 is 5.32 Å². The van der Waals surface area contributed by atoms with E-state index < -0.39 is 0 Å². The van der Waals surface area contributed by atoms with E-state index in [9.17, 15) is 0 Å². The molecule has 1 atom stereocenters. The molecule has 1 aliphatic heterocycles. The Bertz CT molecular complexity index is 466. The Labute approximate surface area is 133 Å². The summed E-state index contributed by atoms with van der Waals surface area (Å²) in [6.07, 6.45) is 4.01. The lowest BCUT2D eigenvalue weighted by molar-refractivity contribution is 0.181. The third-order valence-electron chi connectivity index (χ3n) is 3.89. The lowest BCUT2D eigenvalue weighted by atomic mass is 10.1. The Balaban J connectivity index is 1.86. The number of pyridine rings is 1. The number of nitrogens with one attached hydrogen (secondary N) is 1. The average molecular weight is 304 g/mol. The van der Waals surface area contributed by atoms with Crippen molar-refractivity contribution in [2.45, 2.75) is 26.7 Å². The zero-order chi connectivity index (χ0) is 15.8. The molecule has 22 heavy (non-hydrogen) atoms. The largest absolute Gasteiger partial charge is 0.381 e. The second-order valence-corrected chi connectivity index (χ2v) is 5.90. The number of hydrogen-bond acceptors (Lipinski definition) is 3. The monoisotopic (exact) mass is 304 g/mol. The summed E-state index contributed by atoms with van der Waals surface area (Å²) in [5.41, 5.74) is 2.29. The highest BCUT2D eigenvalue weighted by Gasteiger charge is 2.18. The number of guanidine groups is 1. The molecule has 0 spiro atoms. The van der Waals surface area contributed by atoms with Crippen LogP contribution in [0.4, 0.5) is 0 Å². The van der Waals surface area contributed by atoms with Gasteiger partial charge in [-0.25, -0.2) is 0 Å². The van der Waals surface area contributed by atoms with E-state index in [2.05, 4.69) is 41.3 Å². The van der Waals surface area contributed by atoms with Gasteiger partial charge in [0.05, 0.1) is 6.61 Å². The lowest BCUT2D eigenvalue weighted by Gasteiger charge is -2.24. The summed E-state index contributed by atoms with van der Waals surface area (Å²) in [6.45, 7) is 8.54. The zero-order valence-corrected chi connectivity index (χ0v) is 14.0. The van der Waals surface area contributed by atoms with Crippen LogP contribution in [0.5, 0.6) is 0 Å². The second-order valence-electron chi connectivity index (χ2n) is 5.90. The van der Waals surface area contributed by atoms with E-state index in [0.717, 1.165) is 57.3 Å². The summed E-state index contributed by atoms with van der Waals surface area (Å²) >= 11 is 0. The molecule has 0 aromatic carbocycles. The number of hydrogen-bond donors (Lipinski definition) is 1. The van der Waals surface area contributed by atoms with Gasteiger partial charge in [0.25, 0.3) is 0 Å². The molecule has 0 amide bonds. The van der Waals surface area contributed by atoms with Crippen molar-refractivity contribution >= 4 is 5.96 Å². The molecule has 1 aliphatic rings. The molecule has 1 fully saturated rings. The number of aryl methyl sites for hydroxylation is 1. The first-order valence-electron chi connectivity index (χ1n) is 8.17. The third-order valence-corrected chi connectivity index (χ3v) is 3.89. The Morgan fingerprint density at radius 2 is 2.36 bits per heavy atom. The molecular weight excluding hydrogens is 276 g/mol. The van der Waals surface area contributed by atoms with Gasteiger partial charge in [-0.15, -0.1) is 0 Å². The topological polar surface area (TPSA) is 49.8 Å². The molecule has 5 heteroatoms. The van der Waals surface area contributed by atoms with E-state index in [0.29, 0.717) is 5.92 Å². The molecular formula is C17H28N4O. The van der Waals surface area contributed by atoms with Gasteiger partial charge in [-0.1, -0.05) is 6.07 Å². The number of aromatic nitrogens is 1. The normalized spacial score (nSPS) is 18.5. The fourth-order valence-electron chi connectivity index (χ4n) is 2.61. The first-order chi connectivity index (χ1) is 10.7. The molecule has 1 unspecified atom stereocenters. The number of ether oxygens (including phenoxy) is 1. The Kier molecular flexibility index (Phi) is 6.65. The van der Waals surface area contributed by atoms with Gasteiger partial charge in [0.1, 0.15) is 0 Å². The van der Waals surface area contributed by atoms with E-state index in [-0.39, 0.29) is 0 Å². The smallest absolute Gasteiger partial charge is 0.193 e. The van der Waals surface area contributed by atoms with Crippen LogP contribution in [0, 0.1) is 12.8 Å². The molecule has 1 saturated heterocycles. The van der Waals surface area contributed by atoms with Gasteiger partial charge in [-0.05, 0) is 38.3 Å². The van der Waals surface area contributed by atoms with E-state index in [4.69, 9.17) is 9.73 Å². The third kappa shape index (κ3) is 5.30.